The molecule has 0 aliphatic carbocycles. The molecule has 0 amide bonds. The van der Waals surface area contributed by atoms with E-state index in [1.54, 1.807) is 6.92 Å². The van der Waals surface area contributed by atoms with E-state index < -0.39 is 12.1 Å². The minimum absolute atomic E-state index is 0.0394. The largest absolute Gasteiger partial charge is 0.487 e. The van der Waals surface area contributed by atoms with E-state index in [0.717, 1.165) is 22.1 Å². The maximum atomic E-state index is 12.6. The molecule has 1 heterocycles. The molecule has 3 unspecified atom stereocenters. The number of hydrogen-bond donors (Lipinski definition) is 3. The van der Waals surface area contributed by atoms with E-state index in [9.17, 15) is 20.1 Å². The van der Waals surface area contributed by atoms with Crippen LogP contribution in [0, 0.1) is 0 Å². The van der Waals surface area contributed by atoms with Crippen molar-refractivity contribution in [3.63, 3.8) is 0 Å². The fourth-order valence-corrected chi connectivity index (χ4v) is 5.17. The molecule has 1 aliphatic heterocycles. The highest BCUT2D eigenvalue weighted by Gasteiger charge is 2.28. The van der Waals surface area contributed by atoms with Crippen LogP contribution in [0.3, 0.4) is 0 Å². The monoisotopic (exact) mass is 498 g/mol. The van der Waals surface area contributed by atoms with Gasteiger partial charge < -0.3 is 24.8 Å². The van der Waals surface area contributed by atoms with Crippen LogP contribution in [0.25, 0.3) is 21.9 Å². The summed E-state index contributed by atoms with van der Waals surface area (Å²) in [5.41, 5.74) is 3.60. The Morgan fingerprint density at radius 2 is 1.76 bits per heavy atom. The lowest BCUT2D eigenvalue weighted by Crippen LogP contribution is -2.23. The van der Waals surface area contributed by atoms with E-state index in [4.69, 9.17) is 9.47 Å². The number of carbonyl (C=O) groups is 1. The maximum absolute atomic E-state index is 12.6. The van der Waals surface area contributed by atoms with E-state index in [1.807, 2.05) is 78.9 Å². The third-order valence-corrected chi connectivity index (χ3v) is 6.86. The number of aliphatic hydroxyl groups excluding tert-OH is 2. The number of ether oxygens (including phenoxy) is 2. The molecule has 5 rings (SSSR count). The predicted octanol–water partition coefficient (Wildman–Crippen LogP) is 6.05. The van der Waals surface area contributed by atoms with Crippen LogP contribution in [0.5, 0.6) is 5.75 Å². The first-order valence-electron chi connectivity index (χ1n) is 12.5. The van der Waals surface area contributed by atoms with Gasteiger partial charge in [-0.05, 0) is 47.1 Å². The maximum Gasteiger partial charge on any atom is 0.339 e. The number of fused-ring (bicyclic) bond motifs is 1. The van der Waals surface area contributed by atoms with Crippen LogP contribution >= 0.6 is 0 Å². The van der Waals surface area contributed by atoms with Crippen LogP contribution in [-0.2, 0) is 11.3 Å². The second-order valence-electron chi connectivity index (χ2n) is 9.46. The molecule has 0 aromatic heterocycles. The number of hydrogen-bond acceptors (Lipinski definition) is 5. The number of benzene rings is 4. The minimum Gasteiger partial charge on any atom is -0.487 e. The summed E-state index contributed by atoms with van der Waals surface area (Å²) in [6, 6.07) is 24.8. The summed E-state index contributed by atoms with van der Waals surface area (Å²) in [7, 11) is 0. The third kappa shape index (κ3) is 5.09. The Kier molecular flexibility index (Phi) is 7.24. The van der Waals surface area contributed by atoms with Crippen molar-refractivity contribution in [3.05, 3.63) is 101 Å². The van der Waals surface area contributed by atoms with Crippen molar-refractivity contribution >= 4 is 16.7 Å². The van der Waals surface area contributed by atoms with Gasteiger partial charge >= 0.3 is 5.97 Å². The molecule has 37 heavy (non-hydrogen) atoms. The highest BCUT2D eigenvalue weighted by molar-refractivity contribution is 6.09. The normalized spacial score (nSPS) is 18.5. The van der Waals surface area contributed by atoms with Crippen LogP contribution in [0.1, 0.15) is 59.0 Å². The van der Waals surface area contributed by atoms with Crippen LogP contribution in [-0.4, -0.2) is 34.0 Å². The Hall–Kier alpha value is -3.71. The quantitative estimate of drug-likeness (QED) is 0.287. The van der Waals surface area contributed by atoms with Gasteiger partial charge in [-0.1, -0.05) is 72.8 Å². The first-order valence-corrected chi connectivity index (χ1v) is 12.5. The molecule has 1 saturated heterocycles. The Morgan fingerprint density at radius 3 is 2.46 bits per heavy atom. The topological polar surface area (TPSA) is 96.2 Å². The fraction of sp³-hybridized carbons (Fsp3) is 0.258. The van der Waals surface area contributed by atoms with Gasteiger partial charge in [-0.2, -0.15) is 0 Å². The van der Waals surface area contributed by atoms with Gasteiger partial charge in [-0.3, -0.25) is 0 Å². The SMILES string of the molecule is CC(O)c1c(C(=O)O)c(OCc2cccc(C3CC(O)CCO3)c2)c2ccccc2c1-c1ccccc1. The summed E-state index contributed by atoms with van der Waals surface area (Å²) in [5, 5.41) is 32.7. The third-order valence-electron chi connectivity index (χ3n) is 6.86. The molecule has 1 fully saturated rings. The van der Waals surface area contributed by atoms with E-state index in [0.29, 0.717) is 36.0 Å². The smallest absolute Gasteiger partial charge is 0.339 e. The highest BCUT2D eigenvalue weighted by Crippen LogP contribution is 2.44. The average Bonchev–Trinajstić information content (AvgIpc) is 2.91. The summed E-state index contributed by atoms with van der Waals surface area (Å²) < 4.78 is 12.1. The lowest BCUT2D eigenvalue weighted by Gasteiger charge is -2.27. The lowest BCUT2D eigenvalue weighted by atomic mass is 9.86. The predicted molar refractivity (Wildman–Crippen MR) is 142 cm³/mol. The van der Waals surface area contributed by atoms with Gasteiger partial charge in [0, 0.05) is 24.0 Å². The van der Waals surface area contributed by atoms with Crippen LogP contribution < -0.4 is 4.74 Å². The van der Waals surface area contributed by atoms with E-state index in [-0.39, 0.29) is 30.1 Å². The van der Waals surface area contributed by atoms with Gasteiger partial charge in [0.25, 0.3) is 0 Å². The van der Waals surface area contributed by atoms with Crippen molar-refractivity contribution in [2.45, 2.75) is 44.7 Å². The Morgan fingerprint density at radius 1 is 1.03 bits per heavy atom. The standard InChI is InChI=1S/C31H30O6/c1-19(32)27-28(21-9-3-2-4-10-21)24-12-5-6-13-25(24)30(29(27)31(34)35)37-18-20-8-7-11-22(16-20)26-17-23(33)14-15-36-26/h2-13,16,19,23,26,32-33H,14-15,17-18H2,1H3,(H,34,35). The van der Waals surface area contributed by atoms with Gasteiger partial charge in [-0.15, -0.1) is 0 Å². The van der Waals surface area contributed by atoms with Crippen molar-refractivity contribution in [1.82, 2.24) is 0 Å². The summed E-state index contributed by atoms with van der Waals surface area (Å²) in [6.45, 7) is 2.22. The molecule has 0 radical (unpaired) electrons. The van der Waals surface area contributed by atoms with E-state index in [2.05, 4.69) is 0 Å². The van der Waals surface area contributed by atoms with Crippen molar-refractivity contribution < 1.29 is 29.6 Å². The Labute approximate surface area is 215 Å². The molecule has 3 atom stereocenters. The molecular weight excluding hydrogens is 468 g/mol. The van der Waals surface area contributed by atoms with Crippen LogP contribution in [0.2, 0.25) is 0 Å². The average molecular weight is 499 g/mol. The summed E-state index contributed by atoms with van der Waals surface area (Å²) >= 11 is 0. The van der Waals surface area contributed by atoms with Crippen LogP contribution in [0.15, 0.2) is 78.9 Å². The van der Waals surface area contributed by atoms with Gasteiger partial charge in [0.05, 0.1) is 18.3 Å². The molecule has 190 valence electrons. The van der Waals surface area contributed by atoms with Gasteiger partial charge in [0.2, 0.25) is 0 Å². The minimum atomic E-state index is -1.16. The number of carboxylic acid groups (broad SMARTS) is 1. The first-order chi connectivity index (χ1) is 17.9. The summed E-state index contributed by atoms with van der Waals surface area (Å²) in [6.07, 6.45) is -0.436. The van der Waals surface area contributed by atoms with Gasteiger partial charge in [0.15, 0.2) is 0 Å². The van der Waals surface area contributed by atoms with Crippen molar-refractivity contribution in [3.8, 4) is 16.9 Å². The Balaban J connectivity index is 1.59. The molecule has 6 nitrogen and oxygen atoms in total. The molecule has 0 saturated carbocycles. The summed E-state index contributed by atoms with van der Waals surface area (Å²) in [4.78, 5) is 12.6. The molecule has 4 aromatic rings. The van der Waals surface area contributed by atoms with Crippen molar-refractivity contribution in [1.29, 1.82) is 0 Å². The van der Waals surface area contributed by atoms with Crippen molar-refractivity contribution in [2.75, 3.05) is 6.61 Å². The number of aliphatic hydroxyl groups is 2. The molecular formula is C31H30O6. The number of carboxylic acids is 1. The van der Waals surface area contributed by atoms with Crippen LogP contribution in [0.4, 0.5) is 0 Å². The molecule has 4 aromatic carbocycles. The lowest BCUT2D eigenvalue weighted by molar-refractivity contribution is -0.0448. The molecule has 0 bridgehead atoms. The highest BCUT2D eigenvalue weighted by atomic mass is 16.5. The number of rotatable bonds is 7. The molecule has 1 aliphatic rings. The molecule has 6 heteroatoms. The van der Waals surface area contributed by atoms with Gasteiger partial charge in [-0.25, -0.2) is 4.79 Å². The summed E-state index contributed by atoms with van der Waals surface area (Å²) in [5.74, 6) is -0.930. The second-order valence-corrected chi connectivity index (χ2v) is 9.46. The van der Waals surface area contributed by atoms with E-state index in [1.165, 1.54) is 0 Å². The zero-order valence-corrected chi connectivity index (χ0v) is 20.6. The Bertz CT molecular complexity index is 1410. The zero-order chi connectivity index (χ0) is 25.9. The van der Waals surface area contributed by atoms with E-state index >= 15 is 0 Å². The zero-order valence-electron chi connectivity index (χ0n) is 20.6. The molecule has 3 N–H and O–H groups in total. The van der Waals surface area contributed by atoms with Gasteiger partial charge in [0.1, 0.15) is 17.9 Å². The van der Waals surface area contributed by atoms with Crippen molar-refractivity contribution in [2.24, 2.45) is 0 Å². The molecule has 0 spiro atoms. The number of aromatic carboxylic acids is 1. The second kappa shape index (κ2) is 10.7. The first kappa shape index (κ1) is 25.0. The fourth-order valence-electron chi connectivity index (χ4n) is 5.17.